The number of benzene rings is 2. The third-order valence-electron chi connectivity index (χ3n) is 9.08. The largest absolute Gasteiger partial charge is 0.250 e. The highest BCUT2D eigenvalue weighted by Gasteiger charge is 2.44. The van der Waals surface area contributed by atoms with Gasteiger partial charge >= 0.3 is 0 Å². The van der Waals surface area contributed by atoms with Gasteiger partial charge in [0, 0.05) is 16.5 Å². The summed E-state index contributed by atoms with van der Waals surface area (Å²) < 4.78 is -8.02. The monoisotopic (exact) mass is 956 g/mol. The number of hydrogen-bond acceptors (Lipinski definition) is 6. The predicted octanol–water partition coefficient (Wildman–Crippen LogP) is 14.9. The molecule has 0 aliphatic heterocycles. The van der Waals surface area contributed by atoms with Gasteiger partial charge in [0.2, 0.25) is 15.2 Å². The fourth-order valence-electron chi connectivity index (χ4n) is 6.66. The Morgan fingerprint density at radius 2 is 0.755 bits per heavy atom. The van der Waals surface area contributed by atoms with E-state index in [0.717, 1.165) is 86.5 Å². The number of nitrogens with zero attached hydrogens (tertiary/aromatic N) is 6. The normalized spacial score (nSPS) is 14.4. The van der Waals surface area contributed by atoms with Gasteiger partial charge in [-0.05, 0) is 47.2 Å². The van der Waals surface area contributed by atoms with Gasteiger partial charge in [0.1, 0.15) is 0 Å². The summed E-state index contributed by atoms with van der Waals surface area (Å²) in [6.45, 7) is 4.38. The van der Waals surface area contributed by atoms with Gasteiger partial charge in [0.05, 0.1) is 0 Å². The lowest BCUT2D eigenvalue weighted by atomic mass is 9.70. The molecule has 0 saturated carbocycles. The molecule has 2 aromatic carbocycles. The average molecular weight is 962 g/mol. The Kier molecular flexibility index (Phi) is 14.5. The van der Waals surface area contributed by atoms with E-state index >= 15 is 0 Å². The molecule has 0 bridgehead atoms. The van der Waals surface area contributed by atoms with Crippen LogP contribution in [-0.2, 0) is 20.6 Å². The van der Waals surface area contributed by atoms with Crippen LogP contribution in [0, 0.1) is 0 Å². The molecule has 1 aliphatic carbocycles. The lowest BCUT2D eigenvalue weighted by Crippen LogP contribution is -2.26. The van der Waals surface area contributed by atoms with Crippen molar-refractivity contribution in [2.24, 2.45) is 0 Å². The van der Waals surface area contributed by atoms with Crippen LogP contribution in [-0.4, -0.2) is 29.9 Å². The van der Waals surface area contributed by atoms with E-state index in [-0.39, 0.29) is 34.9 Å². The maximum atomic E-state index is 6.23. The molecule has 5 rings (SSSR count). The van der Waals surface area contributed by atoms with Crippen LogP contribution in [0.1, 0.15) is 112 Å². The number of aromatic nitrogens is 6. The van der Waals surface area contributed by atoms with Gasteiger partial charge in [-0.25, -0.2) is 29.9 Å². The van der Waals surface area contributed by atoms with Gasteiger partial charge in [-0.3, -0.25) is 0 Å². The Labute approximate surface area is 369 Å². The topological polar surface area (TPSA) is 77.3 Å². The summed E-state index contributed by atoms with van der Waals surface area (Å²) in [6.07, 6.45) is 10.2. The van der Waals surface area contributed by atoms with E-state index < -0.39 is 20.6 Å². The maximum absolute atomic E-state index is 6.23. The van der Waals surface area contributed by atoms with Crippen molar-refractivity contribution in [1.29, 1.82) is 0 Å². The van der Waals surface area contributed by atoms with Gasteiger partial charge in [-0.15, -0.1) is 0 Å². The van der Waals surface area contributed by atoms with Gasteiger partial charge in [-0.2, -0.15) is 0 Å². The van der Waals surface area contributed by atoms with Gasteiger partial charge in [-0.1, -0.05) is 229 Å². The number of alkyl halides is 12. The van der Waals surface area contributed by atoms with Crippen molar-refractivity contribution >= 4 is 139 Å². The molecular formula is C35H32Cl12N6. The molecular weight excluding hydrogens is 930 g/mol. The summed E-state index contributed by atoms with van der Waals surface area (Å²) >= 11 is 74.8. The van der Waals surface area contributed by atoms with Crippen LogP contribution in [0.4, 0.5) is 0 Å². The average Bonchev–Trinajstić information content (AvgIpc) is 3.35. The van der Waals surface area contributed by atoms with Crippen molar-refractivity contribution < 1.29 is 0 Å². The summed E-state index contributed by atoms with van der Waals surface area (Å²) in [7, 11) is 0. The number of hydrogen-bond donors (Lipinski definition) is 0. The highest BCUT2D eigenvalue weighted by atomic mass is 35.6. The first-order valence-electron chi connectivity index (χ1n) is 16.8. The lowest BCUT2D eigenvalue weighted by molar-refractivity contribution is 0.401. The van der Waals surface area contributed by atoms with Gasteiger partial charge in [0.15, 0.2) is 34.9 Å². The molecule has 2 heterocycles. The van der Waals surface area contributed by atoms with Crippen molar-refractivity contribution in [3.05, 3.63) is 70.8 Å². The Balaban J connectivity index is 1.75. The number of rotatable bonds is 12. The third-order valence-corrected chi connectivity index (χ3v) is 11.1. The van der Waals surface area contributed by atoms with Crippen molar-refractivity contribution in [3.63, 3.8) is 0 Å². The first-order valence-corrected chi connectivity index (χ1v) is 21.3. The molecule has 53 heavy (non-hydrogen) atoms. The summed E-state index contributed by atoms with van der Waals surface area (Å²) in [5, 5.41) is 0. The minimum Gasteiger partial charge on any atom is -0.209 e. The second-order valence-electron chi connectivity index (χ2n) is 12.8. The molecule has 0 radical (unpaired) electrons. The molecule has 0 N–H and O–H groups in total. The molecule has 2 aromatic heterocycles. The molecule has 0 saturated heterocycles. The Morgan fingerprint density at radius 1 is 0.434 bits per heavy atom. The second kappa shape index (κ2) is 17.4. The zero-order valence-electron chi connectivity index (χ0n) is 28.3. The molecule has 286 valence electrons. The molecule has 4 aromatic rings. The van der Waals surface area contributed by atoms with E-state index in [1.807, 2.05) is 24.3 Å². The minimum atomic E-state index is -2.01. The van der Waals surface area contributed by atoms with Gasteiger partial charge < -0.3 is 0 Å². The Bertz CT molecular complexity index is 1730. The van der Waals surface area contributed by atoms with Crippen LogP contribution in [0.2, 0.25) is 0 Å². The quantitative estimate of drug-likeness (QED) is 0.104. The van der Waals surface area contributed by atoms with Crippen LogP contribution in [0.15, 0.2) is 36.4 Å². The molecule has 0 amide bonds. The summed E-state index contributed by atoms with van der Waals surface area (Å²) in [5.41, 5.74) is 5.13. The highest BCUT2D eigenvalue weighted by molar-refractivity contribution is 6.68. The first-order chi connectivity index (χ1) is 24.7. The van der Waals surface area contributed by atoms with Crippen LogP contribution in [0.25, 0.3) is 33.9 Å². The Hall–Kier alpha value is -0.0600. The van der Waals surface area contributed by atoms with Crippen LogP contribution < -0.4 is 0 Å². The highest BCUT2D eigenvalue weighted by Crippen LogP contribution is 2.56. The van der Waals surface area contributed by atoms with Crippen LogP contribution in [0.3, 0.4) is 0 Å². The van der Waals surface area contributed by atoms with Crippen LogP contribution >= 0.6 is 139 Å². The molecule has 0 fully saturated rings. The van der Waals surface area contributed by atoms with Crippen molar-refractivity contribution in [2.75, 3.05) is 0 Å². The summed E-state index contributed by atoms with van der Waals surface area (Å²) in [5.74, 6) is -0.308. The van der Waals surface area contributed by atoms with Crippen LogP contribution in [0.5, 0.6) is 0 Å². The fraction of sp³-hybridized carbons (Fsp3) is 0.486. The number of halogens is 12. The second-order valence-corrected chi connectivity index (χ2v) is 22.0. The first kappa shape index (κ1) is 44.1. The predicted molar refractivity (Wildman–Crippen MR) is 225 cm³/mol. The summed E-state index contributed by atoms with van der Waals surface area (Å²) in [6, 6.07) is 12.0. The zero-order valence-corrected chi connectivity index (χ0v) is 37.3. The smallest absolute Gasteiger partial charge is 0.209 e. The summed E-state index contributed by atoms with van der Waals surface area (Å²) in [4.78, 5) is 26.4. The SMILES string of the molecule is CCCCCCC1(CCCCCC)c2cc(-c3nc(C(Cl)(Cl)Cl)nc(C(Cl)(Cl)Cl)n3)ccc2-c2ccc(-c3nc(C(Cl)(Cl)Cl)nc(C(Cl)(Cl)Cl)n3)cc21. The van der Waals surface area contributed by atoms with E-state index in [4.69, 9.17) is 139 Å². The van der Waals surface area contributed by atoms with E-state index in [1.54, 1.807) is 0 Å². The molecule has 0 atom stereocenters. The third kappa shape index (κ3) is 10.3. The van der Waals surface area contributed by atoms with E-state index in [9.17, 15) is 0 Å². The van der Waals surface area contributed by atoms with Crippen molar-refractivity contribution in [3.8, 4) is 33.9 Å². The van der Waals surface area contributed by atoms with Gasteiger partial charge in [0.25, 0.3) is 0 Å². The standard InChI is InChI=1S/C35H32Cl12N6/c1-3-5-7-9-15-31(16-10-8-6-4-2)23-17-19(25-48-27(32(36,37)38)52-28(49-25)33(39,40)41)11-13-21(23)22-14-12-20(18-24(22)31)26-50-29(34(42,43)44)53-30(51-26)35(45,46)47/h11-14,17-18H,3-10,15-16H2,1-2H3. The minimum absolute atomic E-state index is 0.173. The fourth-order valence-corrected chi connectivity index (χ4v) is 7.68. The molecule has 6 nitrogen and oxygen atoms in total. The number of unbranched alkanes of at least 4 members (excludes halogenated alkanes) is 6. The van der Waals surface area contributed by atoms with Crippen molar-refractivity contribution in [1.82, 2.24) is 29.9 Å². The molecule has 0 spiro atoms. The molecule has 0 unspecified atom stereocenters. The van der Waals surface area contributed by atoms with Crippen molar-refractivity contribution in [2.45, 2.75) is 98.6 Å². The van der Waals surface area contributed by atoms with E-state index in [2.05, 4.69) is 55.9 Å². The van der Waals surface area contributed by atoms with E-state index in [1.165, 1.54) is 0 Å². The number of fused-ring (bicyclic) bond motifs is 3. The maximum Gasteiger partial charge on any atom is 0.250 e. The zero-order chi connectivity index (χ0) is 39.0. The lowest BCUT2D eigenvalue weighted by Gasteiger charge is -2.33. The van der Waals surface area contributed by atoms with E-state index in [0.29, 0.717) is 11.1 Å². The Morgan fingerprint density at radius 3 is 1.04 bits per heavy atom. The molecule has 18 heteroatoms. The molecule has 1 aliphatic rings.